The average Bonchev–Trinajstić information content (AvgIpc) is 3.51. The molecule has 2 aromatic carbocycles. The second-order valence-corrected chi connectivity index (χ2v) is 11.4. The fourth-order valence-corrected chi connectivity index (χ4v) is 6.10. The second-order valence-electron chi connectivity index (χ2n) is 11.4. The molecule has 0 radical (unpaired) electrons. The van der Waals surface area contributed by atoms with E-state index in [2.05, 4.69) is 10.2 Å². The van der Waals surface area contributed by atoms with Crippen molar-refractivity contribution in [3.8, 4) is 5.75 Å². The number of amides is 3. The Morgan fingerprint density at radius 3 is 2.38 bits per heavy atom. The van der Waals surface area contributed by atoms with Crippen LogP contribution in [0.3, 0.4) is 0 Å². The third-order valence-corrected chi connectivity index (χ3v) is 8.79. The molecule has 2 fully saturated rings. The molecule has 1 aromatic heterocycles. The summed E-state index contributed by atoms with van der Waals surface area (Å²) in [6.45, 7) is 4.99. The van der Waals surface area contributed by atoms with Gasteiger partial charge in [-0.2, -0.15) is 0 Å². The summed E-state index contributed by atoms with van der Waals surface area (Å²) >= 11 is 0. The smallest absolute Gasteiger partial charge is 0.410 e. The molecule has 45 heavy (non-hydrogen) atoms. The van der Waals surface area contributed by atoms with Crippen molar-refractivity contribution in [3.05, 3.63) is 77.2 Å². The highest BCUT2D eigenvalue weighted by molar-refractivity contribution is 6.16. The first-order valence-corrected chi connectivity index (χ1v) is 15.0. The number of nitrogens with one attached hydrogen (secondary N) is 1. The van der Waals surface area contributed by atoms with Gasteiger partial charge in [-0.05, 0) is 17.7 Å². The number of rotatable bonds is 6. The third-order valence-electron chi connectivity index (χ3n) is 8.79. The van der Waals surface area contributed by atoms with E-state index in [1.165, 1.54) is 13.4 Å². The molecule has 12 nitrogen and oxygen atoms in total. The number of hydrogen-bond acceptors (Lipinski definition) is 9. The van der Waals surface area contributed by atoms with Crippen LogP contribution in [-0.4, -0.2) is 85.5 Å². The van der Waals surface area contributed by atoms with Gasteiger partial charge in [0.1, 0.15) is 36.6 Å². The molecular weight excluding hydrogens is 580 g/mol. The van der Waals surface area contributed by atoms with Gasteiger partial charge < -0.3 is 38.6 Å². The second kappa shape index (κ2) is 12.6. The summed E-state index contributed by atoms with van der Waals surface area (Å²) in [5.74, 6) is -0.00912. The van der Waals surface area contributed by atoms with Crippen molar-refractivity contribution in [2.75, 3.05) is 56.6 Å². The molecule has 0 bridgehead atoms. The molecule has 0 atom stereocenters. The number of nitrogens with zero attached hydrogens (tertiary/aromatic N) is 3. The van der Waals surface area contributed by atoms with Gasteiger partial charge in [-0.15, -0.1) is 0 Å². The number of ether oxygens (including phenoxy) is 3. The minimum absolute atomic E-state index is 0.0434. The molecule has 236 valence electrons. The summed E-state index contributed by atoms with van der Waals surface area (Å²) in [5, 5.41) is 2.87. The summed E-state index contributed by atoms with van der Waals surface area (Å²) < 4.78 is 22.7. The Morgan fingerprint density at radius 1 is 0.956 bits per heavy atom. The molecule has 6 rings (SSSR count). The minimum atomic E-state index is -1.16. The van der Waals surface area contributed by atoms with Crippen molar-refractivity contribution < 1.29 is 37.8 Å². The number of furan rings is 1. The van der Waals surface area contributed by atoms with Crippen LogP contribution in [0.15, 0.2) is 59.2 Å². The van der Waals surface area contributed by atoms with E-state index in [0.717, 1.165) is 11.3 Å². The zero-order chi connectivity index (χ0) is 31.6. The van der Waals surface area contributed by atoms with Crippen LogP contribution in [0, 0.1) is 0 Å². The maximum atomic E-state index is 13.9. The molecule has 0 saturated carbocycles. The van der Waals surface area contributed by atoms with E-state index in [1.807, 2.05) is 47.4 Å². The Kier molecular flexibility index (Phi) is 8.48. The highest BCUT2D eigenvalue weighted by Crippen LogP contribution is 2.39. The van der Waals surface area contributed by atoms with Crippen LogP contribution in [-0.2, 0) is 27.5 Å². The predicted octanol–water partition coefficient (Wildman–Crippen LogP) is 4.09. The van der Waals surface area contributed by atoms with Crippen molar-refractivity contribution in [1.29, 1.82) is 0 Å². The zero-order valence-electron chi connectivity index (χ0n) is 25.4. The van der Waals surface area contributed by atoms with Crippen molar-refractivity contribution in [3.63, 3.8) is 0 Å². The molecule has 1 N–H and O–H groups in total. The average molecular weight is 617 g/mol. The third kappa shape index (κ3) is 6.10. The number of carbonyl (C=O) groups excluding carboxylic acids is 4. The highest BCUT2D eigenvalue weighted by atomic mass is 16.6. The number of methoxy groups -OCH3 is 1. The molecular formula is C33H36N4O8. The number of carbonyl (C=O) groups is 4. The van der Waals surface area contributed by atoms with E-state index in [1.54, 1.807) is 17.9 Å². The lowest BCUT2D eigenvalue weighted by Gasteiger charge is -2.41. The number of piperidine rings is 1. The summed E-state index contributed by atoms with van der Waals surface area (Å²) in [4.78, 5) is 57.3. The van der Waals surface area contributed by atoms with E-state index in [9.17, 15) is 19.2 Å². The quantitative estimate of drug-likeness (QED) is 0.435. The SMILES string of the molecule is COc1cc(N2CCN(C(C)=O)CC2)ccc1NC(=O)c1coc2c1C(=O)C1(CCN(C(=O)OCc3ccccc3)CC1)OC2. The van der Waals surface area contributed by atoms with Crippen LogP contribution in [0.2, 0.25) is 0 Å². The van der Waals surface area contributed by atoms with Gasteiger partial charge >= 0.3 is 6.09 Å². The van der Waals surface area contributed by atoms with E-state index in [4.69, 9.17) is 18.6 Å². The van der Waals surface area contributed by atoms with Gasteiger partial charge in [0, 0.05) is 70.8 Å². The number of fused-ring (bicyclic) bond motifs is 1. The molecule has 3 aliphatic rings. The first-order chi connectivity index (χ1) is 21.8. The Morgan fingerprint density at radius 2 is 1.69 bits per heavy atom. The molecule has 3 aromatic rings. The van der Waals surface area contributed by atoms with Crippen LogP contribution in [0.4, 0.5) is 16.2 Å². The Balaban J connectivity index is 1.10. The topological polar surface area (TPSA) is 131 Å². The number of Topliss-reactive ketones (excluding diaryl/α,β-unsaturated/α-hetero) is 1. The Bertz CT molecular complexity index is 1590. The lowest BCUT2D eigenvalue weighted by molar-refractivity contribution is -0.129. The van der Waals surface area contributed by atoms with Gasteiger partial charge in [0.05, 0.1) is 23.9 Å². The largest absolute Gasteiger partial charge is 0.494 e. The standard InChI is InChI=1S/C33H36N4O8/c1-22(38)35-14-16-36(17-15-35)24-8-9-26(27(18-24)42-2)34-31(40)25-20-43-28-21-45-33(30(39)29(25)28)10-12-37(13-11-33)32(41)44-19-23-6-4-3-5-7-23/h3-9,18,20H,10-17,19,21H2,1-2H3,(H,34,40). The zero-order valence-corrected chi connectivity index (χ0v) is 25.4. The van der Waals surface area contributed by atoms with Gasteiger partial charge in [0.15, 0.2) is 5.78 Å². The fourth-order valence-electron chi connectivity index (χ4n) is 6.10. The molecule has 3 amide bonds. The molecule has 1 spiro atoms. The van der Waals surface area contributed by atoms with Crippen LogP contribution in [0.25, 0.3) is 0 Å². The molecule has 2 saturated heterocycles. The van der Waals surface area contributed by atoms with Gasteiger partial charge in [-0.1, -0.05) is 30.3 Å². The van der Waals surface area contributed by atoms with Gasteiger partial charge in [0.25, 0.3) is 5.91 Å². The van der Waals surface area contributed by atoms with Crippen LogP contribution in [0.1, 0.15) is 51.8 Å². The monoisotopic (exact) mass is 616 g/mol. The maximum absolute atomic E-state index is 13.9. The Labute approximate surface area is 260 Å². The number of likely N-dealkylation sites (tertiary alicyclic amines) is 1. The summed E-state index contributed by atoms with van der Waals surface area (Å²) in [6.07, 6.45) is 1.38. The highest BCUT2D eigenvalue weighted by Gasteiger charge is 2.49. The summed E-state index contributed by atoms with van der Waals surface area (Å²) in [5.41, 5.74) is 1.42. The number of anilines is 2. The number of hydrogen-bond donors (Lipinski definition) is 1. The van der Waals surface area contributed by atoms with E-state index < -0.39 is 17.6 Å². The van der Waals surface area contributed by atoms with Crippen molar-refractivity contribution >= 4 is 35.1 Å². The molecule has 0 unspecified atom stereocenters. The van der Waals surface area contributed by atoms with Crippen molar-refractivity contribution in [1.82, 2.24) is 9.80 Å². The van der Waals surface area contributed by atoms with Gasteiger partial charge in [0.2, 0.25) is 5.91 Å². The van der Waals surface area contributed by atoms with Crippen molar-refractivity contribution in [2.45, 2.75) is 38.6 Å². The normalized spacial score (nSPS) is 17.6. The van der Waals surface area contributed by atoms with Gasteiger partial charge in [-0.3, -0.25) is 14.4 Å². The lowest BCUT2D eigenvalue weighted by Crippen LogP contribution is -2.54. The lowest BCUT2D eigenvalue weighted by atomic mass is 9.81. The minimum Gasteiger partial charge on any atom is -0.494 e. The van der Waals surface area contributed by atoms with Crippen molar-refractivity contribution in [2.24, 2.45) is 0 Å². The first kappa shape index (κ1) is 30.2. The fraction of sp³-hybridized carbons (Fsp3) is 0.394. The maximum Gasteiger partial charge on any atom is 0.410 e. The van der Waals surface area contributed by atoms with Crippen LogP contribution in [0.5, 0.6) is 5.75 Å². The first-order valence-electron chi connectivity index (χ1n) is 15.0. The van der Waals surface area contributed by atoms with Gasteiger partial charge in [-0.25, -0.2) is 4.79 Å². The molecule has 3 aliphatic heterocycles. The number of benzene rings is 2. The van der Waals surface area contributed by atoms with E-state index >= 15 is 0 Å². The van der Waals surface area contributed by atoms with Crippen LogP contribution < -0.4 is 15.0 Å². The number of piperazine rings is 1. The van der Waals surface area contributed by atoms with Crippen LogP contribution >= 0.6 is 0 Å². The predicted molar refractivity (Wildman–Crippen MR) is 163 cm³/mol. The molecule has 0 aliphatic carbocycles. The Hall–Kier alpha value is -4.84. The number of ketones is 1. The van der Waals surface area contributed by atoms with E-state index in [0.29, 0.717) is 43.4 Å². The van der Waals surface area contributed by atoms with E-state index in [-0.39, 0.29) is 62.0 Å². The summed E-state index contributed by atoms with van der Waals surface area (Å²) in [6, 6.07) is 14.9. The molecule has 12 heteroatoms. The summed E-state index contributed by atoms with van der Waals surface area (Å²) in [7, 11) is 1.52. The molecule has 4 heterocycles.